The van der Waals surface area contributed by atoms with Crippen molar-refractivity contribution in [2.45, 2.75) is 13.3 Å². The lowest BCUT2D eigenvalue weighted by Crippen LogP contribution is -2.04. The average Bonchev–Trinajstić information content (AvgIpc) is 2.79. The van der Waals surface area contributed by atoms with Crippen molar-refractivity contribution in [3.05, 3.63) is 41.6 Å². The summed E-state index contributed by atoms with van der Waals surface area (Å²) >= 11 is 0. The summed E-state index contributed by atoms with van der Waals surface area (Å²) in [4.78, 5) is 11.8. The van der Waals surface area contributed by atoms with Crippen molar-refractivity contribution in [3.63, 3.8) is 0 Å². The number of aromatic nitrogens is 2. The van der Waals surface area contributed by atoms with Crippen molar-refractivity contribution in [1.29, 1.82) is 0 Å². The molecule has 0 aliphatic rings. The van der Waals surface area contributed by atoms with Crippen LogP contribution in [0.1, 0.15) is 21.8 Å². The second kappa shape index (κ2) is 3.73. The Labute approximate surface area is 87.5 Å². The summed E-state index contributed by atoms with van der Waals surface area (Å²) in [7, 11) is 1.82. The smallest absolute Gasteiger partial charge is 0.173 e. The minimum absolute atomic E-state index is 0.0375. The molecule has 0 N–H and O–H groups in total. The van der Waals surface area contributed by atoms with Crippen molar-refractivity contribution >= 4 is 5.78 Å². The van der Waals surface area contributed by atoms with Gasteiger partial charge in [0.1, 0.15) is 5.76 Å². The van der Waals surface area contributed by atoms with Gasteiger partial charge in [-0.05, 0) is 19.1 Å². The van der Waals surface area contributed by atoms with Gasteiger partial charge in [-0.25, -0.2) is 0 Å². The van der Waals surface area contributed by atoms with Crippen molar-refractivity contribution in [1.82, 2.24) is 9.78 Å². The molecule has 2 aromatic rings. The van der Waals surface area contributed by atoms with E-state index >= 15 is 0 Å². The largest absolute Gasteiger partial charge is 0.469 e. The molecule has 2 aromatic heterocycles. The van der Waals surface area contributed by atoms with Crippen molar-refractivity contribution < 1.29 is 9.21 Å². The minimum atomic E-state index is 0.0375. The molecule has 0 aromatic carbocycles. The van der Waals surface area contributed by atoms with Crippen LogP contribution >= 0.6 is 0 Å². The van der Waals surface area contributed by atoms with E-state index in [4.69, 9.17) is 4.42 Å². The maximum atomic E-state index is 11.8. The second-order valence-electron chi connectivity index (χ2n) is 3.45. The molecule has 0 fully saturated rings. The second-order valence-corrected chi connectivity index (χ2v) is 3.45. The topological polar surface area (TPSA) is 48.0 Å². The van der Waals surface area contributed by atoms with Gasteiger partial charge in [-0.15, -0.1) is 0 Å². The van der Waals surface area contributed by atoms with Gasteiger partial charge in [-0.1, -0.05) is 0 Å². The van der Waals surface area contributed by atoms with Gasteiger partial charge in [0.2, 0.25) is 0 Å². The molecule has 0 amide bonds. The number of furan rings is 1. The highest BCUT2D eigenvalue weighted by Crippen LogP contribution is 2.11. The zero-order valence-electron chi connectivity index (χ0n) is 8.73. The maximum absolute atomic E-state index is 11.8. The Kier molecular flexibility index (Phi) is 2.41. The Hall–Kier alpha value is -1.84. The fourth-order valence-electron chi connectivity index (χ4n) is 1.44. The first kappa shape index (κ1) is 9.71. The normalized spacial score (nSPS) is 10.5. The van der Waals surface area contributed by atoms with Crippen LogP contribution in [0.4, 0.5) is 0 Å². The monoisotopic (exact) mass is 204 g/mol. The molecule has 0 aliphatic heterocycles. The third kappa shape index (κ3) is 1.83. The van der Waals surface area contributed by atoms with E-state index in [9.17, 15) is 4.79 Å². The van der Waals surface area contributed by atoms with Crippen LogP contribution in [0.5, 0.6) is 0 Å². The summed E-state index contributed by atoms with van der Waals surface area (Å²) in [6.07, 6.45) is 3.46. The summed E-state index contributed by atoms with van der Waals surface area (Å²) < 4.78 is 6.81. The Balaban J connectivity index is 2.19. The first-order valence-electron chi connectivity index (χ1n) is 4.72. The lowest BCUT2D eigenvalue weighted by atomic mass is 10.1. The molecule has 0 atom stereocenters. The Morgan fingerprint density at radius 3 is 2.93 bits per heavy atom. The van der Waals surface area contributed by atoms with Crippen LogP contribution in [0, 0.1) is 6.92 Å². The predicted molar refractivity (Wildman–Crippen MR) is 54.7 cm³/mol. The quantitative estimate of drug-likeness (QED) is 0.715. The number of Topliss-reactive ketones (excluding diaryl/α,β-unsaturated/α-hetero) is 1. The Morgan fingerprint density at radius 1 is 1.60 bits per heavy atom. The van der Waals surface area contributed by atoms with Gasteiger partial charge < -0.3 is 4.42 Å². The summed E-state index contributed by atoms with van der Waals surface area (Å²) in [6, 6.07) is 3.57. The van der Waals surface area contributed by atoms with Gasteiger partial charge in [0.05, 0.1) is 24.4 Å². The SMILES string of the molecule is Cc1c(C(=O)Cc2ccco2)cnn1C. The molecule has 2 heterocycles. The highest BCUT2D eigenvalue weighted by molar-refractivity contribution is 5.97. The van der Waals surface area contributed by atoms with Crippen LogP contribution in [0.25, 0.3) is 0 Å². The molecule has 0 aliphatic carbocycles. The van der Waals surface area contributed by atoms with Crippen molar-refractivity contribution in [2.75, 3.05) is 0 Å². The summed E-state index contributed by atoms with van der Waals surface area (Å²) in [6.45, 7) is 1.88. The number of hydrogen-bond donors (Lipinski definition) is 0. The molecule has 0 saturated carbocycles. The Bertz CT molecular complexity index is 469. The number of hydrogen-bond acceptors (Lipinski definition) is 3. The minimum Gasteiger partial charge on any atom is -0.469 e. The molecule has 4 nitrogen and oxygen atoms in total. The average molecular weight is 204 g/mol. The van der Waals surface area contributed by atoms with Gasteiger partial charge in [-0.3, -0.25) is 9.48 Å². The number of carbonyl (C=O) groups excluding carboxylic acids is 1. The van der Waals surface area contributed by atoms with E-state index in [2.05, 4.69) is 5.10 Å². The molecule has 0 saturated heterocycles. The van der Waals surface area contributed by atoms with Crippen LogP contribution in [0.3, 0.4) is 0 Å². The molecular formula is C11H12N2O2. The number of aryl methyl sites for hydroxylation is 1. The van der Waals surface area contributed by atoms with Gasteiger partial charge in [0.15, 0.2) is 5.78 Å². The fraction of sp³-hybridized carbons (Fsp3) is 0.273. The third-order valence-electron chi connectivity index (χ3n) is 2.45. The van der Waals surface area contributed by atoms with Gasteiger partial charge in [-0.2, -0.15) is 5.10 Å². The molecular weight excluding hydrogens is 192 g/mol. The highest BCUT2D eigenvalue weighted by Gasteiger charge is 2.14. The maximum Gasteiger partial charge on any atom is 0.173 e. The van der Waals surface area contributed by atoms with Crippen LogP contribution in [0.15, 0.2) is 29.0 Å². The van der Waals surface area contributed by atoms with E-state index in [1.165, 1.54) is 0 Å². The zero-order chi connectivity index (χ0) is 10.8. The van der Waals surface area contributed by atoms with E-state index in [1.54, 1.807) is 29.3 Å². The van der Waals surface area contributed by atoms with Gasteiger partial charge >= 0.3 is 0 Å². The molecule has 0 spiro atoms. The number of nitrogens with zero attached hydrogens (tertiary/aromatic N) is 2. The van der Waals surface area contributed by atoms with Gasteiger partial charge in [0, 0.05) is 12.7 Å². The van der Waals surface area contributed by atoms with E-state index in [0.717, 1.165) is 5.69 Å². The summed E-state index contributed by atoms with van der Waals surface area (Å²) in [5, 5.41) is 4.03. The van der Waals surface area contributed by atoms with Crippen molar-refractivity contribution in [2.24, 2.45) is 7.05 Å². The first-order chi connectivity index (χ1) is 7.18. The molecule has 2 rings (SSSR count). The van der Waals surface area contributed by atoms with Gasteiger partial charge in [0.25, 0.3) is 0 Å². The van der Waals surface area contributed by atoms with Crippen LogP contribution in [-0.4, -0.2) is 15.6 Å². The van der Waals surface area contributed by atoms with E-state index in [1.807, 2.05) is 14.0 Å². The van der Waals surface area contributed by atoms with Crippen LogP contribution in [-0.2, 0) is 13.5 Å². The molecule has 15 heavy (non-hydrogen) atoms. The van der Waals surface area contributed by atoms with Crippen LogP contribution < -0.4 is 0 Å². The zero-order valence-corrected chi connectivity index (χ0v) is 8.73. The third-order valence-corrected chi connectivity index (χ3v) is 2.45. The van der Waals surface area contributed by atoms with E-state index in [0.29, 0.717) is 17.7 Å². The molecule has 4 heteroatoms. The van der Waals surface area contributed by atoms with E-state index in [-0.39, 0.29) is 5.78 Å². The summed E-state index contributed by atoms with van der Waals surface area (Å²) in [5.41, 5.74) is 1.54. The standard InChI is InChI=1S/C11H12N2O2/c1-8-10(7-12-13(8)2)11(14)6-9-4-3-5-15-9/h3-5,7H,6H2,1-2H3. The lowest BCUT2D eigenvalue weighted by Gasteiger charge is -1.98. The molecule has 0 radical (unpaired) electrons. The predicted octanol–water partition coefficient (Wildman–Crippen LogP) is 1.75. The summed E-state index contributed by atoms with van der Waals surface area (Å²) in [5.74, 6) is 0.721. The molecule has 0 bridgehead atoms. The number of carbonyl (C=O) groups is 1. The lowest BCUT2D eigenvalue weighted by molar-refractivity contribution is 0.0986. The van der Waals surface area contributed by atoms with Crippen molar-refractivity contribution in [3.8, 4) is 0 Å². The number of ketones is 1. The Morgan fingerprint density at radius 2 is 2.40 bits per heavy atom. The molecule has 0 unspecified atom stereocenters. The highest BCUT2D eigenvalue weighted by atomic mass is 16.3. The van der Waals surface area contributed by atoms with Crippen LogP contribution in [0.2, 0.25) is 0 Å². The number of rotatable bonds is 3. The fourth-order valence-corrected chi connectivity index (χ4v) is 1.44. The van der Waals surface area contributed by atoms with E-state index < -0.39 is 0 Å². The molecule has 78 valence electrons. The first-order valence-corrected chi connectivity index (χ1v) is 4.72.